The fourth-order valence-corrected chi connectivity index (χ4v) is 3.21. The number of carbonyl (C=O) groups is 2. The second kappa shape index (κ2) is 9.27. The Morgan fingerprint density at radius 3 is 2.69 bits per heavy atom. The molecule has 26 heavy (non-hydrogen) atoms. The quantitative estimate of drug-likeness (QED) is 0.595. The van der Waals surface area contributed by atoms with E-state index in [-0.39, 0.29) is 17.4 Å². The first-order valence-electron chi connectivity index (χ1n) is 7.74. The number of anilines is 1. The Bertz CT molecular complexity index is 878. The molecule has 0 radical (unpaired) electrons. The number of carbonyl (C=O) groups excluding carboxylic acids is 2. The fraction of sp³-hybridized carbons (Fsp3) is 0.211. The van der Waals surface area contributed by atoms with Gasteiger partial charge in [0.1, 0.15) is 6.07 Å². The molecule has 0 heterocycles. The van der Waals surface area contributed by atoms with Gasteiger partial charge in [0.25, 0.3) is 5.91 Å². The highest BCUT2D eigenvalue weighted by molar-refractivity contribution is 8.00. The van der Waals surface area contributed by atoms with E-state index in [0.29, 0.717) is 11.3 Å². The molecule has 0 aliphatic rings. The van der Waals surface area contributed by atoms with Crippen molar-refractivity contribution in [3.63, 3.8) is 0 Å². The molecule has 0 saturated heterocycles. The van der Waals surface area contributed by atoms with Crippen molar-refractivity contribution in [2.45, 2.75) is 18.7 Å². The number of rotatable bonds is 6. The second-order valence-electron chi connectivity index (χ2n) is 5.57. The Hall–Kier alpha value is -2.49. The van der Waals surface area contributed by atoms with Crippen molar-refractivity contribution in [2.24, 2.45) is 0 Å². The Labute approximate surface area is 161 Å². The molecule has 1 amide bonds. The minimum absolute atomic E-state index is 0.125. The normalized spacial score (nSPS) is 10.1. The molecule has 5 nitrogen and oxygen atoms in total. The molecular weight excluding hydrogens is 372 g/mol. The van der Waals surface area contributed by atoms with Gasteiger partial charge in [-0.05, 0) is 43.7 Å². The van der Waals surface area contributed by atoms with Gasteiger partial charge in [0.05, 0.1) is 16.3 Å². The summed E-state index contributed by atoms with van der Waals surface area (Å²) in [6.07, 6.45) is 0. The van der Waals surface area contributed by atoms with Crippen LogP contribution in [0.1, 0.15) is 16.7 Å². The SMILES string of the molecule is Cc1ccc(C)c(SCC(=O)OCC(=O)Nc2ccc(C#N)c(Cl)c2)c1. The van der Waals surface area contributed by atoms with Crippen LogP contribution in [-0.2, 0) is 14.3 Å². The lowest BCUT2D eigenvalue weighted by Crippen LogP contribution is -2.21. The number of amides is 1. The van der Waals surface area contributed by atoms with Crippen molar-refractivity contribution in [2.75, 3.05) is 17.7 Å². The van der Waals surface area contributed by atoms with Crippen molar-refractivity contribution in [1.29, 1.82) is 5.26 Å². The van der Waals surface area contributed by atoms with Crippen LogP contribution in [0.2, 0.25) is 5.02 Å². The van der Waals surface area contributed by atoms with E-state index in [1.54, 1.807) is 6.07 Å². The third-order valence-electron chi connectivity index (χ3n) is 3.43. The third kappa shape index (κ3) is 5.80. The summed E-state index contributed by atoms with van der Waals surface area (Å²) in [7, 11) is 0. The number of nitriles is 1. The predicted octanol–water partition coefficient (Wildman–Crippen LogP) is 4.10. The molecule has 1 N–H and O–H groups in total. The first-order valence-corrected chi connectivity index (χ1v) is 9.10. The minimum atomic E-state index is -0.476. The Balaban J connectivity index is 1.80. The van der Waals surface area contributed by atoms with Crippen molar-refractivity contribution >= 4 is 40.9 Å². The highest BCUT2D eigenvalue weighted by atomic mass is 35.5. The smallest absolute Gasteiger partial charge is 0.316 e. The van der Waals surface area contributed by atoms with E-state index >= 15 is 0 Å². The molecule has 2 aromatic carbocycles. The van der Waals surface area contributed by atoms with Crippen LogP contribution in [0.25, 0.3) is 0 Å². The number of nitrogens with one attached hydrogen (secondary N) is 1. The van der Waals surface area contributed by atoms with Gasteiger partial charge in [-0.2, -0.15) is 5.26 Å². The topological polar surface area (TPSA) is 79.2 Å². The second-order valence-corrected chi connectivity index (χ2v) is 7.00. The van der Waals surface area contributed by atoms with Crippen molar-refractivity contribution < 1.29 is 14.3 Å². The maximum Gasteiger partial charge on any atom is 0.316 e. The van der Waals surface area contributed by atoms with Gasteiger partial charge in [-0.1, -0.05) is 29.3 Å². The van der Waals surface area contributed by atoms with Gasteiger partial charge >= 0.3 is 5.97 Å². The number of hydrogen-bond acceptors (Lipinski definition) is 5. The van der Waals surface area contributed by atoms with Gasteiger partial charge in [-0.3, -0.25) is 9.59 Å². The lowest BCUT2D eigenvalue weighted by Gasteiger charge is -2.08. The van der Waals surface area contributed by atoms with E-state index in [4.69, 9.17) is 21.6 Å². The first-order chi connectivity index (χ1) is 12.4. The van der Waals surface area contributed by atoms with Crippen LogP contribution in [-0.4, -0.2) is 24.2 Å². The van der Waals surface area contributed by atoms with Crippen LogP contribution >= 0.6 is 23.4 Å². The van der Waals surface area contributed by atoms with E-state index in [2.05, 4.69) is 5.32 Å². The Morgan fingerprint density at radius 1 is 1.23 bits per heavy atom. The Kier molecular flexibility index (Phi) is 7.07. The van der Waals surface area contributed by atoms with Crippen LogP contribution in [0, 0.1) is 25.2 Å². The number of aryl methyl sites for hydroxylation is 2. The van der Waals surface area contributed by atoms with E-state index in [1.807, 2.05) is 38.1 Å². The van der Waals surface area contributed by atoms with E-state index in [9.17, 15) is 9.59 Å². The van der Waals surface area contributed by atoms with Crippen molar-refractivity contribution in [3.8, 4) is 6.07 Å². The van der Waals surface area contributed by atoms with Crippen molar-refractivity contribution in [3.05, 3.63) is 58.1 Å². The van der Waals surface area contributed by atoms with E-state index in [1.165, 1.54) is 23.9 Å². The van der Waals surface area contributed by atoms with Crippen LogP contribution in [0.3, 0.4) is 0 Å². The summed E-state index contributed by atoms with van der Waals surface area (Å²) in [5.74, 6) is -0.819. The number of ether oxygens (including phenoxy) is 1. The summed E-state index contributed by atoms with van der Waals surface area (Å²) in [4.78, 5) is 24.7. The molecule has 2 rings (SSSR count). The van der Waals surface area contributed by atoms with Gasteiger partial charge in [-0.25, -0.2) is 0 Å². The minimum Gasteiger partial charge on any atom is -0.455 e. The molecule has 7 heteroatoms. The summed E-state index contributed by atoms with van der Waals surface area (Å²) in [5.41, 5.74) is 2.95. The highest BCUT2D eigenvalue weighted by Gasteiger charge is 2.10. The largest absolute Gasteiger partial charge is 0.455 e. The first kappa shape index (κ1) is 19.8. The number of halogens is 1. The highest BCUT2D eigenvalue weighted by Crippen LogP contribution is 2.23. The van der Waals surface area contributed by atoms with Crippen LogP contribution in [0.4, 0.5) is 5.69 Å². The zero-order chi connectivity index (χ0) is 19.1. The molecule has 0 saturated carbocycles. The van der Waals surface area contributed by atoms with Crippen LogP contribution < -0.4 is 5.32 Å². The number of hydrogen-bond donors (Lipinski definition) is 1. The van der Waals surface area contributed by atoms with Gasteiger partial charge in [0.2, 0.25) is 0 Å². The average molecular weight is 389 g/mol. The predicted molar refractivity (Wildman–Crippen MR) is 102 cm³/mol. The lowest BCUT2D eigenvalue weighted by molar-refractivity contribution is -0.144. The molecule has 0 aliphatic heterocycles. The number of nitrogens with zero attached hydrogens (tertiary/aromatic N) is 1. The van der Waals surface area contributed by atoms with E-state index < -0.39 is 11.9 Å². The third-order valence-corrected chi connectivity index (χ3v) is 4.87. The molecule has 0 bridgehead atoms. The van der Waals surface area contributed by atoms with Gasteiger partial charge in [0, 0.05) is 10.6 Å². The molecule has 0 atom stereocenters. The molecule has 134 valence electrons. The average Bonchev–Trinajstić information content (AvgIpc) is 2.61. The van der Waals surface area contributed by atoms with Gasteiger partial charge in [0.15, 0.2) is 6.61 Å². The van der Waals surface area contributed by atoms with E-state index in [0.717, 1.165) is 16.0 Å². The zero-order valence-corrected chi connectivity index (χ0v) is 15.9. The summed E-state index contributed by atoms with van der Waals surface area (Å²) in [6, 6.07) is 12.5. The molecule has 0 unspecified atom stereocenters. The van der Waals surface area contributed by atoms with Crippen molar-refractivity contribution in [1.82, 2.24) is 0 Å². The number of benzene rings is 2. The standard InChI is InChI=1S/C19H17ClN2O3S/c1-12-3-4-13(2)17(7-12)26-11-19(24)25-10-18(23)22-15-6-5-14(9-21)16(20)8-15/h3-8H,10-11H2,1-2H3,(H,22,23). The molecule has 0 aliphatic carbocycles. The summed E-state index contributed by atoms with van der Waals surface area (Å²) in [5, 5.41) is 11.6. The molecule has 0 aromatic heterocycles. The fourth-order valence-electron chi connectivity index (χ4n) is 2.07. The number of thioether (sulfide) groups is 1. The lowest BCUT2D eigenvalue weighted by atomic mass is 10.2. The molecular formula is C19H17ClN2O3S. The summed E-state index contributed by atoms with van der Waals surface area (Å²) in [6.45, 7) is 3.58. The maximum absolute atomic E-state index is 11.9. The van der Waals surface area contributed by atoms with Gasteiger partial charge in [-0.15, -0.1) is 11.8 Å². The number of esters is 1. The van der Waals surface area contributed by atoms with Crippen LogP contribution in [0.15, 0.2) is 41.3 Å². The van der Waals surface area contributed by atoms with Gasteiger partial charge < -0.3 is 10.1 Å². The summed E-state index contributed by atoms with van der Waals surface area (Å²) < 4.78 is 4.99. The molecule has 0 fully saturated rings. The van der Waals surface area contributed by atoms with Crippen LogP contribution in [0.5, 0.6) is 0 Å². The molecule has 0 spiro atoms. The molecule has 2 aromatic rings. The summed E-state index contributed by atoms with van der Waals surface area (Å²) >= 11 is 7.28. The Morgan fingerprint density at radius 2 is 2.00 bits per heavy atom. The maximum atomic E-state index is 11.9. The monoisotopic (exact) mass is 388 g/mol. The zero-order valence-electron chi connectivity index (χ0n) is 14.3.